The fraction of sp³-hybridized carbons (Fsp3) is 0.458. The van der Waals surface area contributed by atoms with E-state index in [1.54, 1.807) is 6.07 Å². The number of morpholine rings is 1. The molecule has 1 N–H and O–H groups in total. The van der Waals surface area contributed by atoms with Gasteiger partial charge in [0.2, 0.25) is 0 Å². The number of rotatable bonds is 6. The Labute approximate surface area is 188 Å². The molecule has 0 aromatic heterocycles. The minimum atomic E-state index is -0.457. The van der Waals surface area contributed by atoms with Gasteiger partial charge in [0.05, 0.1) is 29.4 Å². The molecular weight excluding hydrogens is 408 g/mol. The van der Waals surface area contributed by atoms with Crippen LogP contribution in [0.5, 0.6) is 0 Å². The second-order valence-corrected chi connectivity index (χ2v) is 8.67. The molecule has 2 aliphatic heterocycles. The fourth-order valence-electron chi connectivity index (χ4n) is 4.31. The first-order valence-corrected chi connectivity index (χ1v) is 11.2. The monoisotopic (exact) mass is 438 g/mol. The maximum atomic E-state index is 13.2. The first kappa shape index (κ1) is 22.2. The Morgan fingerprint density at radius 1 is 1.12 bits per heavy atom. The summed E-state index contributed by atoms with van der Waals surface area (Å²) in [7, 11) is 0. The van der Waals surface area contributed by atoms with E-state index in [-0.39, 0.29) is 11.6 Å². The minimum absolute atomic E-state index is 0.0784. The zero-order valence-electron chi connectivity index (χ0n) is 18.5. The van der Waals surface area contributed by atoms with Gasteiger partial charge >= 0.3 is 0 Å². The third-order valence-electron chi connectivity index (χ3n) is 6.25. The molecule has 0 saturated carbocycles. The molecule has 8 nitrogen and oxygen atoms in total. The van der Waals surface area contributed by atoms with Crippen LogP contribution in [0.15, 0.2) is 42.5 Å². The number of ether oxygens (including phenoxy) is 1. The second kappa shape index (κ2) is 10.1. The van der Waals surface area contributed by atoms with E-state index >= 15 is 0 Å². The molecule has 2 heterocycles. The summed E-state index contributed by atoms with van der Waals surface area (Å²) in [5.41, 5.74) is 2.81. The molecule has 0 spiro atoms. The van der Waals surface area contributed by atoms with Crippen molar-refractivity contribution in [3.05, 3.63) is 63.7 Å². The molecule has 1 amide bonds. The fourth-order valence-corrected chi connectivity index (χ4v) is 4.31. The number of nitro groups is 1. The average Bonchev–Trinajstić information content (AvgIpc) is 2.80. The third-order valence-corrected chi connectivity index (χ3v) is 6.25. The number of carbonyl (C=O) groups is 1. The van der Waals surface area contributed by atoms with E-state index < -0.39 is 4.92 Å². The van der Waals surface area contributed by atoms with Crippen LogP contribution in [0.3, 0.4) is 0 Å². The van der Waals surface area contributed by atoms with Crippen molar-refractivity contribution in [3.63, 3.8) is 0 Å². The molecule has 8 heteroatoms. The maximum Gasteiger partial charge on any atom is 0.270 e. The van der Waals surface area contributed by atoms with Crippen molar-refractivity contribution in [1.82, 2.24) is 4.90 Å². The number of amides is 1. The highest BCUT2D eigenvalue weighted by molar-refractivity contribution is 6.08. The SMILES string of the molecule is CC1CCN(c2ccc([N+](=O)[O-])cc2C(=O)Nc2cccc(CN3CCOCC3)c2)CC1. The van der Waals surface area contributed by atoms with Crippen molar-refractivity contribution in [2.45, 2.75) is 26.3 Å². The van der Waals surface area contributed by atoms with Gasteiger partial charge in [0.25, 0.3) is 11.6 Å². The maximum absolute atomic E-state index is 13.2. The summed E-state index contributed by atoms with van der Waals surface area (Å²) < 4.78 is 5.41. The number of piperidine rings is 1. The topological polar surface area (TPSA) is 87.9 Å². The summed E-state index contributed by atoms with van der Waals surface area (Å²) >= 11 is 0. The van der Waals surface area contributed by atoms with Gasteiger partial charge in [0.1, 0.15) is 0 Å². The average molecular weight is 439 g/mol. The quantitative estimate of drug-likeness (QED) is 0.543. The Morgan fingerprint density at radius 2 is 1.88 bits per heavy atom. The van der Waals surface area contributed by atoms with Crippen LogP contribution >= 0.6 is 0 Å². The Hall–Kier alpha value is -2.97. The standard InChI is InChI=1S/C24H30N4O4/c1-18-7-9-27(10-8-18)23-6-5-21(28(30)31)16-22(23)24(29)25-20-4-2-3-19(15-20)17-26-11-13-32-14-12-26/h2-6,15-16,18H,7-14,17H2,1H3,(H,25,29). The molecule has 0 unspecified atom stereocenters. The summed E-state index contributed by atoms with van der Waals surface area (Å²) in [6.07, 6.45) is 2.09. The van der Waals surface area contributed by atoms with Crippen LogP contribution in [0.2, 0.25) is 0 Å². The molecule has 2 saturated heterocycles. The number of non-ortho nitro benzene ring substituents is 1. The van der Waals surface area contributed by atoms with Gasteiger partial charge in [-0.15, -0.1) is 0 Å². The van der Waals surface area contributed by atoms with Crippen LogP contribution in [0.1, 0.15) is 35.7 Å². The highest BCUT2D eigenvalue weighted by Gasteiger charge is 2.24. The molecular formula is C24H30N4O4. The Bertz CT molecular complexity index is 966. The molecule has 0 radical (unpaired) electrons. The zero-order valence-corrected chi connectivity index (χ0v) is 18.5. The van der Waals surface area contributed by atoms with Crippen molar-refractivity contribution in [3.8, 4) is 0 Å². The molecule has 0 aliphatic carbocycles. The second-order valence-electron chi connectivity index (χ2n) is 8.67. The highest BCUT2D eigenvalue weighted by atomic mass is 16.6. The van der Waals surface area contributed by atoms with Crippen LogP contribution in [0.4, 0.5) is 17.1 Å². The number of nitrogens with zero attached hydrogens (tertiary/aromatic N) is 3. The number of nitro benzene ring substituents is 1. The molecule has 2 aliphatic rings. The summed E-state index contributed by atoms with van der Waals surface area (Å²) in [4.78, 5) is 28.6. The summed E-state index contributed by atoms with van der Waals surface area (Å²) in [6, 6.07) is 12.4. The molecule has 2 aromatic rings. The number of benzene rings is 2. The van der Waals surface area contributed by atoms with Gasteiger partial charge in [-0.3, -0.25) is 19.8 Å². The van der Waals surface area contributed by atoms with E-state index in [2.05, 4.69) is 22.0 Å². The smallest absolute Gasteiger partial charge is 0.270 e. The van der Waals surface area contributed by atoms with Crippen molar-refractivity contribution in [2.75, 3.05) is 49.6 Å². The lowest BCUT2D eigenvalue weighted by Crippen LogP contribution is -2.35. The Balaban J connectivity index is 1.53. The van der Waals surface area contributed by atoms with Crippen molar-refractivity contribution in [1.29, 1.82) is 0 Å². The normalized spacial score (nSPS) is 17.8. The van der Waals surface area contributed by atoms with E-state index in [1.165, 1.54) is 12.1 Å². The lowest BCUT2D eigenvalue weighted by atomic mass is 9.98. The van der Waals surface area contributed by atoms with Gasteiger partial charge < -0.3 is 15.0 Å². The number of hydrogen-bond donors (Lipinski definition) is 1. The number of hydrogen-bond acceptors (Lipinski definition) is 6. The Morgan fingerprint density at radius 3 is 2.59 bits per heavy atom. The molecule has 4 rings (SSSR count). The summed E-state index contributed by atoms with van der Waals surface area (Å²) in [6.45, 7) is 7.96. The van der Waals surface area contributed by atoms with Crippen molar-refractivity contribution >= 4 is 23.0 Å². The van der Waals surface area contributed by atoms with Crippen LogP contribution in [-0.4, -0.2) is 55.1 Å². The number of nitrogens with one attached hydrogen (secondary N) is 1. The predicted octanol–water partition coefficient (Wildman–Crippen LogP) is 3.92. The van der Waals surface area contributed by atoms with Gasteiger partial charge in [0.15, 0.2) is 0 Å². The van der Waals surface area contributed by atoms with Gasteiger partial charge in [-0.2, -0.15) is 0 Å². The lowest BCUT2D eigenvalue weighted by molar-refractivity contribution is -0.384. The molecule has 0 bridgehead atoms. The van der Waals surface area contributed by atoms with E-state index in [0.717, 1.165) is 70.0 Å². The van der Waals surface area contributed by atoms with Crippen LogP contribution < -0.4 is 10.2 Å². The van der Waals surface area contributed by atoms with Gasteiger partial charge in [-0.1, -0.05) is 19.1 Å². The molecule has 2 aromatic carbocycles. The number of carbonyl (C=O) groups excluding carboxylic acids is 1. The molecule has 0 atom stereocenters. The largest absolute Gasteiger partial charge is 0.379 e. The van der Waals surface area contributed by atoms with E-state index in [4.69, 9.17) is 4.74 Å². The zero-order chi connectivity index (χ0) is 22.5. The third kappa shape index (κ3) is 5.44. The highest BCUT2D eigenvalue weighted by Crippen LogP contribution is 2.30. The lowest BCUT2D eigenvalue weighted by Gasteiger charge is -2.33. The molecule has 2 fully saturated rings. The number of anilines is 2. The van der Waals surface area contributed by atoms with Crippen LogP contribution in [-0.2, 0) is 11.3 Å². The van der Waals surface area contributed by atoms with Crippen molar-refractivity contribution in [2.24, 2.45) is 5.92 Å². The molecule has 32 heavy (non-hydrogen) atoms. The van der Waals surface area contributed by atoms with Gasteiger partial charge in [0, 0.05) is 50.5 Å². The molecule has 170 valence electrons. The summed E-state index contributed by atoms with van der Waals surface area (Å²) in [5.74, 6) is 0.321. The van der Waals surface area contributed by atoms with Gasteiger partial charge in [-0.25, -0.2) is 0 Å². The van der Waals surface area contributed by atoms with Gasteiger partial charge in [-0.05, 0) is 42.5 Å². The minimum Gasteiger partial charge on any atom is -0.379 e. The van der Waals surface area contributed by atoms with Crippen LogP contribution in [0, 0.1) is 16.0 Å². The van der Waals surface area contributed by atoms with E-state index in [1.807, 2.05) is 24.3 Å². The van der Waals surface area contributed by atoms with E-state index in [0.29, 0.717) is 17.2 Å². The predicted molar refractivity (Wildman–Crippen MR) is 124 cm³/mol. The Kier molecular flexibility index (Phi) is 7.02. The van der Waals surface area contributed by atoms with Crippen molar-refractivity contribution < 1.29 is 14.5 Å². The first-order valence-electron chi connectivity index (χ1n) is 11.2. The van der Waals surface area contributed by atoms with Crippen LogP contribution in [0.25, 0.3) is 0 Å². The first-order chi connectivity index (χ1) is 15.5. The summed E-state index contributed by atoms with van der Waals surface area (Å²) in [5, 5.41) is 14.3. The van der Waals surface area contributed by atoms with E-state index in [9.17, 15) is 14.9 Å².